The first-order valence-corrected chi connectivity index (χ1v) is 6.79. The predicted molar refractivity (Wildman–Crippen MR) is 73.3 cm³/mol. The zero-order valence-electron chi connectivity index (χ0n) is 11.0. The summed E-state index contributed by atoms with van der Waals surface area (Å²) in [6, 6.07) is 4.10. The van der Waals surface area contributed by atoms with Gasteiger partial charge in [0.05, 0.1) is 0 Å². The lowest BCUT2D eigenvalue weighted by molar-refractivity contribution is -0.125. The fraction of sp³-hybridized carbons (Fsp3) is 0.467. The molecule has 0 aromatic carbocycles. The van der Waals surface area contributed by atoms with E-state index < -0.39 is 0 Å². The molecule has 0 spiro atoms. The van der Waals surface area contributed by atoms with Crippen molar-refractivity contribution in [1.82, 2.24) is 14.8 Å². The number of carbonyl (C=O) groups is 1. The van der Waals surface area contributed by atoms with Crippen LogP contribution in [0.15, 0.2) is 37.2 Å². The number of hydrogen-bond donors (Lipinski definition) is 0. The summed E-state index contributed by atoms with van der Waals surface area (Å²) in [6.45, 7) is 8.47. The third-order valence-electron chi connectivity index (χ3n) is 4.18. The Bertz CT molecular complexity index is 460. The van der Waals surface area contributed by atoms with E-state index in [1.165, 1.54) is 11.6 Å². The van der Waals surface area contributed by atoms with Crippen LogP contribution in [0.2, 0.25) is 0 Å². The van der Waals surface area contributed by atoms with Crippen LogP contribution in [-0.4, -0.2) is 46.9 Å². The highest BCUT2D eigenvalue weighted by molar-refractivity contribution is 5.87. The lowest BCUT2D eigenvalue weighted by Crippen LogP contribution is -2.31. The van der Waals surface area contributed by atoms with Gasteiger partial charge < -0.3 is 4.90 Å². The highest BCUT2D eigenvalue weighted by Crippen LogP contribution is 2.31. The summed E-state index contributed by atoms with van der Waals surface area (Å²) in [5.74, 6) is 1.33. The third kappa shape index (κ3) is 2.54. The maximum atomic E-state index is 11.6. The Morgan fingerprint density at radius 2 is 2.11 bits per heavy atom. The summed E-state index contributed by atoms with van der Waals surface area (Å²) in [6.07, 6.45) is 5.16. The smallest absolute Gasteiger partial charge is 0.245 e. The van der Waals surface area contributed by atoms with Gasteiger partial charge in [0.15, 0.2) is 0 Å². The Morgan fingerprint density at radius 3 is 2.68 bits per heavy atom. The molecule has 2 fully saturated rings. The lowest BCUT2D eigenvalue weighted by atomic mass is 10.0. The van der Waals surface area contributed by atoms with Gasteiger partial charge in [0.25, 0.3) is 0 Å². The first-order chi connectivity index (χ1) is 9.26. The largest absolute Gasteiger partial charge is 0.339 e. The van der Waals surface area contributed by atoms with Crippen molar-refractivity contribution in [2.24, 2.45) is 11.8 Å². The second-order valence-corrected chi connectivity index (χ2v) is 5.52. The number of hydrogen-bond acceptors (Lipinski definition) is 3. The maximum absolute atomic E-state index is 11.6. The standard InChI is InChI=1S/C15H19N3O/c1-2-15(19)18-10-13-8-17(9-14(13)11-18)7-12-4-3-5-16-6-12/h2-6,13-14H,1,7-11H2/t13-,14+. The second-order valence-electron chi connectivity index (χ2n) is 5.52. The van der Waals surface area contributed by atoms with E-state index in [-0.39, 0.29) is 5.91 Å². The Balaban J connectivity index is 1.56. The van der Waals surface area contributed by atoms with E-state index in [0.717, 1.165) is 32.7 Å². The molecule has 1 aromatic heterocycles. The summed E-state index contributed by atoms with van der Waals surface area (Å²) in [5.41, 5.74) is 1.27. The molecule has 1 amide bonds. The second kappa shape index (κ2) is 5.13. The van der Waals surface area contributed by atoms with E-state index in [9.17, 15) is 4.79 Å². The van der Waals surface area contributed by atoms with Crippen LogP contribution >= 0.6 is 0 Å². The van der Waals surface area contributed by atoms with Gasteiger partial charge in [0, 0.05) is 45.1 Å². The van der Waals surface area contributed by atoms with Crippen LogP contribution in [0, 0.1) is 11.8 Å². The van der Waals surface area contributed by atoms with Crippen molar-refractivity contribution in [1.29, 1.82) is 0 Å². The molecule has 0 unspecified atom stereocenters. The van der Waals surface area contributed by atoms with E-state index in [2.05, 4.69) is 22.5 Å². The Morgan fingerprint density at radius 1 is 1.37 bits per heavy atom. The van der Waals surface area contributed by atoms with E-state index in [0.29, 0.717) is 11.8 Å². The topological polar surface area (TPSA) is 36.4 Å². The molecule has 2 atom stereocenters. The molecule has 100 valence electrons. The minimum Gasteiger partial charge on any atom is -0.339 e. The molecule has 0 aliphatic carbocycles. The molecule has 2 saturated heterocycles. The summed E-state index contributed by atoms with van der Waals surface area (Å²) >= 11 is 0. The molecule has 0 saturated carbocycles. The van der Waals surface area contributed by atoms with E-state index >= 15 is 0 Å². The predicted octanol–water partition coefficient (Wildman–Crippen LogP) is 1.16. The summed E-state index contributed by atoms with van der Waals surface area (Å²) in [5, 5.41) is 0. The number of rotatable bonds is 3. The first-order valence-electron chi connectivity index (χ1n) is 6.79. The van der Waals surface area contributed by atoms with Gasteiger partial charge in [-0.1, -0.05) is 12.6 Å². The molecule has 0 N–H and O–H groups in total. The van der Waals surface area contributed by atoms with Crippen molar-refractivity contribution in [2.75, 3.05) is 26.2 Å². The van der Waals surface area contributed by atoms with Crippen LogP contribution in [0.25, 0.3) is 0 Å². The van der Waals surface area contributed by atoms with Gasteiger partial charge >= 0.3 is 0 Å². The zero-order valence-corrected chi connectivity index (χ0v) is 11.0. The van der Waals surface area contributed by atoms with Crippen molar-refractivity contribution < 1.29 is 4.79 Å². The normalized spacial score (nSPS) is 26.4. The molecule has 2 aliphatic rings. The number of aromatic nitrogens is 1. The number of fused-ring (bicyclic) bond motifs is 1. The molecule has 0 bridgehead atoms. The monoisotopic (exact) mass is 257 g/mol. The van der Waals surface area contributed by atoms with Gasteiger partial charge in [-0.15, -0.1) is 0 Å². The van der Waals surface area contributed by atoms with Crippen LogP contribution in [0.5, 0.6) is 0 Å². The Kier molecular flexibility index (Phi) is 3.34. The summed E-state index contributed by atoms with van der Waals surface area (Å²) < 4.78 is 0. The van der Waals surface area contributed by atoms with Gasteiger partial charge in [-0.25, -0.2) is 0 Å². The molecular weight excluding hydrogens is 238 g/mol. The molecule has 3 rings (SSSR count). The van der Waals surface area contributed by atoms with Crippen LogP contribution in [0.4, 0.5) is 0 Å². The molecule has 4 nitrogen and oxygen atoms in total. The number of nitrogens with zero attached hydrogens (tertiary/aromatic N) is 3. The van der Waals surface area contributed by atoms with Crippen molar-refractivity contribution in [3.8, 4) is 0 Å². The molecule has 3 heterocycles. The minimum absolute atomic E-state index is 0.0770. The summed E-state index contributed by atoms with van der Waals surface area (Å²) in [4.78, 5) is 20.2. The van der Waals surface area contributed by atoms with Crippen molar-refractivity contribution >= 4 is 5.91 Å². The van der Waals surface area contributed by atoms with E-state index in [1.807, 2.05) is 17.2 Å². The van der Waals surface area contributed by atoms with Crippen LogP contribution in [-0.2, 0) is 11.3 Å². The number of amides is 1. The van der Waals surface area contributed by atoms with Gasteiger partial charge in [-0.2, -0.15) is 0 Å². The average Bonchev–Trinajstić information content (AvgIpc) is 2.97. The lowest BCUT2D eigenvalue weighted by Gasteiger charge is -2.20. The summed E-state index contributed by atoms with van der Waals surface area (Å²) in [7, 11) is 0. The zero-order chi connectivity index (χ0) is 13.2. The number of carbonyl (C=O) groups excluding carboxylic acids is 1. The number of pyridine rings is 1. The molecule has 2 aliphatic heterocycles. The minimum atomic E-state index is 0.0770. The van der Waals surface area contributed by atoms with Crippen molar-refractivity contribution in [3.63, 3.8) is 0 Å². The van der Waals surface area contributed by atoms with Crippen LogP contribution in [0.3, 0.4) is 0 Å². The van der Waals surface area contributed by atoms with Gasteiger partial charge in [-0.3, -0.25) is 14.7 Å². The van der Waals surface area contributed by atoms with Crippen molar-refractivity contribution in [3.05, 3.63) is 42.7 Å². The van der Waals surface area contributed by atoms with Crippen LogP contribution in [0.1, 0.15) is 5.56 Å². The molecule has 0 radical (unpaired) electrons. The highest BCUT2D eigenvalue weighted by atomic mass is 16.2. The van der Waals surface area contributed by atoms with E-state index in [4.69, 9.17) is 0 Å². The van der Waals surface area contributed by atoms with E-state index in [1.54, 1.807) is 6.20 Å². The third-order valence-corrected chi connectivity index (χ3v) is 4.18. The van der Waals surface area contributed by atoms with Gasteiger partial charge in [0.2, 0.25) is 5.91 Å². The van der Waals surface area contributed by atoms with Gasteiger partial charge in [0.1, 0.15) is 0 Å². The van der Waals surface area contributed by atoms with Crippen LogP contribution < -0.4 is 0 Å². The average molecular weight is 257 g/mol. The Labute approximate surface area is 113 Å². The number of likely N-dealkylation sites (tertiary alicyclic amines) is 2. The molecule has 19 heavy (non-hydrogen) atoms. The first kappa shape index (κ1) is 12.4. The quantitative estimate of drug-likeness (QED) is 0.762. The highest BCUT2D eigenvalue weighted by Gasteiger charge is 2.40. The Hall–Kier alpha value is -1.68. The van der Waals surface area contributed by atoms with Gasteiger partial charge in [-0.05, 0) is 29.5 Å². The molecule has 1 aromatic rings. The SMILES string of the molecule is C=CC(=O)N1C[C@H]2CN(Cc3cccnc3)C[C@H]2C1. The maximum Gasteiger partial charge on any atom is 0.245 e. The molecular formula is C15H19N3O. The molecule has 4 heteroatoms. The van der Waals surface area contributed by atoms with Crippen molar-refractivity contribution in [2.45, 2.75) is 6.54 Å². The fourth-order valence-corrected chi connectivity index (χ4v) is 3.28. The fourth-order valence-electron chi connectivity index (χ4n) is 3.28.